The Morgan fingerprint density at radius 1 is 1.25 bits per heavy atom. The van der Waals surface area contributed by atoms with E-state index in [0.717, 1.165) is 24.3 Å². The number of benzene rings is 1. The van der Waals surface area contributed by atoms with E-state index in [1.54, 1.807) is 21.0 Å². The van der Waals surface area contributed by atoms with Gasteiger partial charge in [0, 0.05) is 6.07 Å². The van der Waals surface area contributed by atoms with Gasteiger partial charge in [0.05, 0.1) is 19.3 Å². The van der Waals surface area contributed by atoms with E-state index in [-0.39, 0.29) is 0 Å². The molecule has 0 radical (unpaired) electrons. The van der Waals surface area contributed by atoms with Gasteiger partial charge in [0.15, 0.2) is 0 Å². The summed E-state index contributed by atoms with van der Waals surface area (Å²) in [5.41, 5.74) is -0.613. The molecule has 0 aliphatic heterocycles. The van der Waals surface area contributed by atoms with Crippen LogP contribution in [0.4, 0.5) is 0 Å². The lowest BCUT2D eigenvalue weighted by Gasteiger charge is -2.16. The molecule has 0 aliphatic carbocycles. The van der Waals surface area contributed by atoms with Crippen LogP contribution in [-0.2, 0) is 0 Å². The summed E-state index contributed by atoms with van der Waals surface area (Å²) in [6.07, 6.45) is 1.57. The van der Waals surface area contributed by atoms with Gasteiger partial charge in [-0.3, -0.25) is 0 Å². The van der Waals surface area contributed by atoms with E-state index in [1.807, 2.05) is 24.3 Å². The Bertz CT molecular complexity index is 315. The predicted octanol–water partition coefficient (Wildman–Crippen LogP) is 2.63. The van der Waals surface area contributed by atoms with Crippen molar-refractivity contribution in [3.63, 3.8) is 0 Å². The van der Waals surface area contributed by atoms with E-state index in [9.17, 15) is 5.11 Å². The molecule has 0 fully saturated rings. The summed E-state index contributed by atoms with van der Waals surface area (Å²) in [6, 6.07) is 7.52. The fraction of sp³-hybridized carbons (Fsp3) is 0.538. The van der Waals surface area contributed by atoms with E-state index in [1.165, 1.54) is 0 Å². The molecule has 0 atom stereocenters. The molecule has 0 heterocycles. The number of hydrogen-bond acceptors (Lipinski definition) is 3. The summed E-state index contributed by atoms with van der Waals surface area (Å²) < 4.78 is 10.6. The molecule has 3 heteroatoms. The number of methoxy groups -OCH3 is 1. The van der Waals surface area contributed by atoms with Gasteiger partial charge in [0.2, 0.25) is 0 Å². The van der Waals surface area contributed by atoms with Crippen molar-refractivity contribution in [1.29, 1.82) is 0 Å². The third-order valence-electron chi connectivity index (χ3n) is 2.24. The first-order valence-electron chi connectivity index (χ1n) is 5.50. The lowest BCUT2D eigenvalue weighted by molar-refractivity contribution is 0.0641. The minimum Gasteiger partial charge on any atom is -0.497 e. The third-order valence-corrected chi connectivity index (χ3v) is 2.24. The maximum absolute atomic E-state index is 9.52. The fourth-order valence-corrected chi connectivity index (χ4v) is 1.39. The molecule has 0 spiro atoms. The molecule has 0 bridgehead atoms. The summed E-state index contributed by atoms with van der Waals surface area (Å²) in [5, 5.41) is 9.52. The molecule has 1 aromatic rings. The van der Waals surface area contributed by atoms with Gasteiger partial charge < -0.3 is 14.6 Å². The normalized spacial score (nSPS) is 11.2. The zero-order valence-electron chi connectivity index (χ0n) is 10.2. The molecule has 1 aromatic carbocycles. The zero-order chi connectivity index (χ0) is 12.0. The smallest absolute Gasteiger partial charge is 0.122 e. The molecule has 0 saturated heterocycles. The van der Waals surface area contributed by atoms with Crippen LogP contribution in [0, 0.1) is 0 Å². The van der Waals surface area contributed by atoms with Gasteiger partial charge in [-0.15, -0.1) is 0 Å². The molecule has 3 nitrogen and oxygen atoms in total. The molecule has 1 rings (SSSR count). The highest BCUT2D eigenvalue weighted by atomic mass is 16.5. The van der Waals surface area contributed by atoms with Gasteiger partial charge >= 0.3 is 0 Å². The summed E-state index contributed by atoms with van der Waals surface area (Å²) >= 11 is 0. The van der Waals surface area contributed by atoms with Gasteiger partial charge in [-0.2, -0.15) is 0 Å². The van der Waals surface area contributed by atoms with Crippen LogP contribution in [0.5, 0.6) is 11.5 Å². The average Bonchev–Trinajstić information content (AvgIpc) is 2.23. The topological polar surface area (TPSA) is 38.7 Å². The Hall–Kier alpha value is -1.22. The molecule has 0 amide bonds. The zero-order valence-corrected chi connectivity index (χ0v) is 10.2. The van der Waals surface area contributed by atoms with Crippen molar-refractivity contribution in [3.05, 3.63) is 24.3 Å². The van der Waals surface area contributed by atoms with Gasteiger partial charge in [0.1, 0.15) is 11.5 Å². The minimum absolute atomic E-state index is 0.608. The van der Waals surface area contributed by atoms with E-state index in [2.05, 4.69) is 0 Å². The number of rotatable bonds is 6. The van der Waals surface area contributed by atoms with Crippen molar-refractivity contribution < 1.29 is 14.6 Å². The molecule has 90 valence electrons. The van der Waals surface area contributed by atoms with Crippen molar-refractivity contribution in [2.75, 3.05) is 13.7 Å². The molecule has 16 heavy (non-hydrogen) atoms. The summed E-state index contributed by atoms with van der Waals surface area (Å²) in [6.45, 7) is 4.22. The van der Waals surface area contributed by atoms with Crippen LogP contribution in [0.15, 0.2) is 24.3 Å². The molecule has 1 N–H and O–H groups in total. The quantitative estimate of drug-likeness (QED) is 0.755. The second kappa shape index (κ2) is 5.75. The van der Waals surface area contributed by atoms with Crippen LogP contribution in [0.2, 0.25) is 0 Å². The third kappa shape index (κ3) is 5.03. The van der Waals surface area contributed by atoms with Gasteiger partial charge in [0.25, 0.3) is 0 Å². The van der Waals surface area contributed by atoms with Gasteiger partial charge in [-0.1, -0.05) is 6.07 Å². The minimum atomic E-state index is -0.613. The SMILES string of the molecule is COc1cccc(OCCCC(C)(C)O)c1. The van der Waals surface area contributed by atoms with Crippen molar-refractivity contribution in [2.24, 2.45) is 0 Å². The number of hydrogen-bond donors (Lipinski definition) is 1. The standard InChI is InChI=1S/C13H20O3/c1-13(2,14)8-5-9-16-12-7-4-6-11(10-12)15-3/h4,6-7,10,14H,5,8-9H2,1-3H3. The maximum atomic E-state index is 9.52. The van der Waals surface area contributed by atoms with Gasteiger partial charge in [-0.05, 0) is 38.8 Å². The Kier molecular flexibility index (Phi) is 4.62. The molecular formula is C13H20O3. The van der Waals surface area contributed by atoms with Crippen LogP contribution in [0.25, 0.3) is 0 Å². The Morgan fingerprint density at radius 3 is 2.56 bits per heavy atom. The summed E-state index contributed by atoms with van der Waals surface area (Å²) in [7, 11) is 1.63. The van der Waals surface area contributed by atoms with Crippen LogP contribution < -0.4 is 9.47 Å². The highest BCUT2D eigenvalue weighted by Gasteiger charge is 2.11. The average molecular weight is 224 g/mol. The Labute approximate surface area is 97.0 Å². The monoisotopic (exact) mass is 224 g/mol. The van der Waals surface area contributed by atoms with Gasteiger partial charge in [-0.25, -0.2) is 0 Å². The molecule has 0 aliphatic rings. The van der Waals surface area contributed by atoms with E-state index in [4.69, 9.17) is 9.47 Å². The Balaban J connectivity index is 2.32. The second-order valence-electron chi connectivity index (χ2n) is 4.44. The largest absolute Gasteiger partial charge is 0.497 e. The lowest BCUT2D eigenvalue weighted by Crippen LogP contribution is -2.19. The molecule has 0 aromatic heterocycles. The van der Waals surface area contributed by atoms with Crippen LogP contribution in [0.3, 0.4) is 0 Å². The van der Waals surface area contributed by atoms with E-state index >= 15 is 0 Å². The fourth-order valence-electron chi connectivity index (χ4n) is 1.39. The van der Waals surface area contributed by atoms with Crippen LogP contribution in [-0.4, -0.2) is 24.4 Å². The first kappa shape index (κ1) is 12.8. The summed E-state index contributed by atoms with van der Waals surface area (Å²) in [5.74, 6) is 1.59. The number of ether oxygens (including phenoxy) is 2. The maximum Gasteiger partial charge on any atom is 0.122 e. The summed E-state index contributed by atoms with van der Waals surface area (Å²) in [4.78, 5) is 0. The second-order valence-corrected chi connectivity index (χ2v) is 4.44. The lowest BCUT2D eigenvalue weighted by atomic mass is 10.0. The highest BCUT2D eigenvalue weighted by molar-refractivity contribution is 5.32. The Morgan fingerprint density at radius 2 is 1.94 bits per heavy atom. The first-order valence-corrected chi connectivity index (χ1v) is 5.50. The van der Waals surface area contributed by atoms with Crippen molar-refractivity contribution in [2.45, 2.75) is 32.3 Å². The first-order chi connectivity index (χ1) is 7.51. The van der Waals surface area contributed by atoms with Crippen molar-refractivity contribution in [3.8, 4) is 11.5 Å². The van der Waals surface area contributed by atoms with Crippen molar-refractivity contribution >= 4 is 0 Å². The molecule has 0 unspecified atom stereocenters. The van der Waals surface area contributed by atoms with E-state index < -0.39 is 5.60 Å². The van der Waals surface area contributed by atoms with Crippen LogP contribution in [0.1, 0.15) is 26.7 Å². The highest BCUT2D eigenvalue weighted by Crippen LogP contribution is 2.19. The molecule has 0 saturated carbocycles. The number of aliphatic hydroxyl groups is 1. The predicted molar refractivity (Wildman–Crippen MR) is 64.0 cm³/mol. The molecular weight excluding hydrogens is 204 g/mol. The van der Waals surface area contributed by atoms with Crippen molar-refractivity contribution in [1.82, 2.24) is 0 Å². The van der Waals surface area contributed by atoms with Crippen LogP contribution >= 0.6 is 0 Å². The van der Waals surface area contributed by atoms with E-state index in [0.29, 0.717) is 6.61 Å².